The number of benzene rings is 1. The van der Waals surface area contributed by atoms with E-state index in [9.17, 15) is 14.3 Å². The summed E-state index contributed by atoms with van der Waals surface area (Å²) in [5.74, 6) is -1.45. The molecule has 0 amide bonds. The normalized spacial score (nSPS) is 10.8. The number of unbranched alkanes of at least 4 members (excludes halogenated alkanes) is 1. The first kappa shape index (κ1) is 14.7. The second-order valence-corrected chi connectivity index (χ2v) is 5.36. The van der Waals surface area contributed by atoms with Gasteiger partial charge in [-0.25, -0.2) is 9.18 Å². The maximum absolute atomic E-state index is 13.9. The Hall–Kier alpha value is -1.72. The summed E-state index contributed by atoms with van der Waals surface area (Å²) in [7, 11) is 0. The number of carbonyl (C=O) groups is 1. The van der Waals surface area contributed by atoms with Gasteiger partial charge in [-0.1, -0.05) is 12.1 Å². The van der Waals surface area contributed by atoms with Crippen LogP contribution >= 0.6 is 11.3 Å². The van der Waals surface area contributed by atoms with E-state index in [1.54, 1.807) is 18.2 Å². The van der Waals surface area contributed by atoms with Gasteiger partial charge < -0.3 is 9.84 Å². The predicted molar refractivity (Wildman–Crippen MR) is 77.8 cm³/mol. The maximum Gasteiger partial charge on any atom is 0.346 e. The Labute approximate surface area is 120 Å². The van der Waals surface area contributed by atoms with Gasteiger partial charge in [0, 0.05) is 22.3 Å². The zero-order chi connectivity index (χ0) is 14.5. The first-order valence-corrected chi connectivity index (χ1v) is 7.08. The summed E-state index contributed by atoms with van der Waals surface area (Å²) in [6, 6.07) is 4.63. The average Bonchev–Trinajstić information content (AvgIpc) is 2.79. The van der Waals surface area contributed by atoms with E-state index in [4.69, 9.17) is 4.74 Å². The van der Waals surface area contributed by atoms with E-state index in [-0.39, 0.29) is 11.5 Å². The smallest absolute Gasteiger partial charge is 0.346 e. The topological polar surface area (TPSA) is 46.5 Å². The molecule has 0 atom stereocenters. The number of thiophene rings is 1. The van der Waals surface area contributed by atoms with Gasteiger partial charge in [0.1, 0.15) is 10.7 Å². The molecule has 5 heteroatoms. The number of rotatable bonds is 7. The van der Waals surface area contributed by atoms with Crippen LogP contribution in [0.4, 0.5) is 4.39 Å². The first-order valence-electron chi connectivity index (χ1n) is 6.27. The van der Waals surface area contributed by atoms with Crippen molar-refractivity contribution >= 4 is 27.4 Å². The maximum atomic E-state index is 13.9. The number of ether oxygens (including phenoxy) is 1. The molecule has 106 valence electrons. The molecular formula is C15H15FO3S. The number of hydrogen-bond donors (Lipinski definition) is 1. The highest BCUT2D eigenvalue weighted by atomic mass is 32.1. The van der Waals surface area contributed by atoms with Crippen molar-refractivity contribution in [3.63, 3.8) is 0 Å². The molecule has 1 N–H and O–H groups in total. The largest absolute Gasteiger partial charge is 0.477 e. The van der Waals surface area contributed by atoms with E-state index in [1.807, 2.05) is 0 Å². The number of fused-ring (bicyclic) bond motifs is 1. The number of hydrogen-bond acceptors (Lipinski definition) is 3. The van der Waals surface area contributed by atoms with E-state index in [0.717, 1.165) is 24.2 Å². The van der Waals surface area contributed by atoms with E-state index in [2.05, 4.69) is 6.58 Å². The number of allylic oxidation sites excluding steroid dienone is 1. The lowest BCUT2D eigenvalue weighted by molar-refractivity contribution is 0.0693. The molecule has 1 aromatic carbocycles. The molecule has 0 bridgehead atoms. The van der Waals surface area contributed by atoms with Crippen molar-refractivity contribution in [1.82, 2.24) is 0 Å². The van der Waals surface area contributed by atoms with E-state index in [1.165, 1.54) is 6.07 Å². The Balaban J connectivity index is 2.26. The quantitative estimate of drug-likeness (QED) is 0.614. The lowest BCUT2D eigenvalue weighted by Gasteiger charge is -2.04. The molecule has 3 nitrogen and oxygen atoms in total. The van der Waals surface area contributed by atoms with Gasteiger partial charge >= 0.3 is 5.97 Å². The summed E-state index contributed by atoms with van der Waals surface area (Å²) in [5.41, 5.74) is 0.425. The Morgan fingerprint density at radius 3 is 3.00 bits per heavy atom. The summed E-state index contributed by atoms with van der Waals surface area (Å²) < 4.78 is 20.0. The van der Waals surface area contributed by atoms with Crippen LogP contribution < -0.4 is 0 Å². The molecule has 0 fully saturated rings. The molecule has 20 heavy (non-hydrogen) atoms. The van der Waals surface area contributed by atoms with E-state index >= 15 is 0 Å². The fourth-order valence-corrected chi connectivity index (χ4v) is 3.04. The lowest BCUT2D eigenvalue weighted by atomic mass is 10.1. The molecule has 0 aliphatic heterocycles. The highest BCUT2D eigenvalue weighted by Gasteiger charge is 2.20. The Kier molecular flexibility index (Phi) is 4.87. The van der Waals surface area contributed by atoms with Crippen LogP contribution in [0.3, 0.4) is 0 Å². The average molecular weight is 294 g/mol. The highest BCUT2D eigenvalue weighted by molar-refractivity contribution is 7.21. The van der Waals surface area contributed by atoms with Crippen molar-refractivity contribution in [2.24, 2.45) is 0 Å². The van der Waals surface area contributed by atoms with Gasteiger partial charge in [-0.3, -0.25) is 0 Å². The van der Waals surface area contributed by atoms with Crippen LogP contribution in [0.1, 0.15) is 28.1 Å². The summed E-state index contributed by atoms with van der Waals surface area (Å²) in [5, 5.41) is 9.58. The standard InChI is InChI=1S/C15H15FO3S/c1-2-3-4-8-19-9-10-13-11(16)6-5-7-12(13)20-14(10)15(17)18/h2,5-7H,1,3-4,8-9H2,(H,17,18). The van der Waals surface area contributed by atoms with Gasteiger partial charge in [-0.2, -0.15) is 0 Å². The third-order valence-electron chi connectivity index (χ3n) is 2.90. The summed E-state index contributed by atoms with van der Waals surface area (Å²) in [6.45, 7) is 4.22. The Morgan fingerprint density at radius 2 is 2.30 bits per heavy atom. The van der Waals surface area contributed by atoms with Gasteiger partial charge in [0.25, 0.3) is 0 Å². The van der Waals surface area contributed by atoms with Gasteiger partial charge in [0.15, 0.2) is 0 Å². The molecular weight excluding hydrogens is 279 g/mol. The second-order valence-electron chi connectivity index (χ2n) is 4.31. The molecule has 1 heterocycles. The van der Waals surface area contributed by atoms with Crippen molar-refractivity contribution in [2.75, 3.05) is 6.61 Å². The number of aromatic carboxylic acids is 1. The molecule has 2 rings (SSSR count). The van der Waals surface area contributed by atoms with Gasteiger partial charge in [-0.05, 0) is 25.0 Å². The summed E-state index contributed by atoms with van der Waals surface area (Å²) in [6.07, 6.45) is 3.45. The monoisotopic (exact) mass is 294 g/mol. The SMILES string of the molecule is C=CCCCOCc1c(C(=O)O)sc2cccc(F)c12. The molecule has 0 spiro atoms. The number of halogens is 1. The molecule has 0 unspecified atom stereocenters. The van der Waals surface area contributed by atoms with E-state index in [0.29, 0.717) is 22.3 Å². The van der Waals surface area contributed by atoms with Crippen LogP contribution in [-0.2, 0) is 11.3 Å². The fraction of sp³-hybridized carbons (Fsp3) is 0.267. The predicted octanol–water partition coefficient (Wildman–Crippen LogP) is 4.22. The van der Waals surface area contributed by atoms with Crippen molar-refractivity contribution in [2.45, 2.75) is 19.4 Å². The van der Waals surface area contributed by atoms with Gasteiger partial charge in [0.05, 0.1) is 6.61 Å². The molecule has 0 aliphatic rings. The molecule has 0 saturated heterocycles. The zero-order valence-electron chi connectivity index (χ0n) is 10.9. The summed E-state index contributed by atoms with van der Waals surface area (Å²) >= 11 is 1.08. The molecule has 0 aliphatic carbocycles. The van der Waals surface area contributed by atoms with Crippen LogP contribution in [0.5, 0.6) is 0 Å². The molecule has 0 saturated carbocycles. The van der Waals surface area contributed by atoms with Crippen LogP contribution in [0, 0.1) is 5.82 Å². The minimum Gasteiger partial charge on any atom is -0.477 e. The minimum atomic E-state index is -1.05. The number of carboxylic acid groups (broad SMARTS) is 1. The molecule has 2 aromatic rings. The second kappa shape index (κ2) is 6.63. The zero-order valence-corrected chi connectivity index (χ0v) is 11.7. The van der Waals surface area contributed by atoms with Gasteiger partial charge in [-0.15, -0.1) is 17.9 Å². The molecule has 0 radical (unpaired) electrons. The van der Waals surface area contributed by atoms with Crippen LogP contribution in [0.25, 0.3) is 10.1 Å². The highest BCUT2D eigenvalue weighted by Crippen LogP contribution is 2.33. The molecule has 1 aromatic heterocycles. The van der Waals surface area contributed by atoms with Crippen LogP contribution in [-0.4, -0.2) is 17.7 Å². The minimum absolute atomic E-state index is 0.111. The van der Waals surface area contributed by atoms with Crippen molar-refractivity contribution in [1.29, 1.82) is 0 Å². The van der Waals surface area contributed by atoms with Gasteiger partial charge in [0.2, 0.25) is 0 Å². The summed E-state index contributed by atoms with van der Waals surface area (Å²) in [4.78, 5) is 11.4. The van der Waals surface area contributed by atoms with Crippen LogP contribution in [0.2, 0.25) is 0 Å². The Morgan fingerprint density at radius 1 is 1.50 bits per heavy atom. The van der Waals surface area contributed by atoms with E-state index < -0.39 is 11.8 Å². The van der Waals surface area contributed by atoms with Crippen molar-refractivity contribution < 1.29 is 19.0 Å². The Bertz CT molecular complexity index is 633. The van der Waals surface area contributed by atoms with Crippen LogP contribution in [0.15, 0.2) is 30.9 Å². The van der Waals surface area contributed by atoms with Crippen molar-refractivity contribution in [3.05, 3.63) is 47.1 Å². The third kappa shape index (κ3) is 3.05. The first-order chi connectivity index (χ1) is 9.65. The lowest BCUT2D eigenvalue weighted by Crippen LogP contribution is -2.02. The number of carboxylic acids is 1. The fourth-order valence-electron chi connectivity index (χ4n) is 1.98. The third-order valence-corrected chi connectivity index (χ3v) is 4.09. The van der Waals surface area contributed by atoms with Crippen molar-refractivity contribution in [3.8, 4) is 0 Å².